The highest BCUT2D eigenvalue weighted by atomic mass is 15.3. The number of nitrogens with one attached hydrogen (secondary N) is 1. The molecular formula is C10H18N4. The molecule has 4 nitrogen and oxygen atoms in total. The van der Waals surface area contributed by atoms with Gasteiger partial charge >= 0.3 is 0 Å². The molecule has 78 valence electrons. The van der Waals surface area contributed by atoms with Crippen LogP contribution in [0.25, 0.3) is 0 Å². The third-order valence-electron chi connectivity index (χ3n) is 2.93. The van der Waals surface area contributed by atoms with Gasteiger partial charge in [-0.1, -0.05) is 13.8 Å². The van der Waals surface area contributed by atoms with E-state index in [1.165, 1.54) is 11.3 Å². The van der Waals surface area contributed by atoms with Crippen LogP contribution in [0.4, 0.5) is 5.82 Å². The third kappa shape index (κ3) is 1.30. The van der Waals surface area contributed by atoms with Crippen LogP contribution in [-0.4, -0.2) is 16.3 Å². The van der Waals surface area contributed by atoms with Gasteiger partial charge in [0, 0.05) is 19.2 Å². The van der Waals surface area contributed by atoms with Gasteiger partial charge in [-0.25, -0.2) is 0 Å². The van der Waals surface area contributed by atoms with E-state index in [4.69, 9.17) is 5.73 Å². The van der Waals surface area contributed by atoms with Gasteiger partial charge in [-0.05, 0) is 12.3 Å². The summed E-state index contributed by atoms with van der Waals surface area (Å²) < 4.78 is 1.92. The van der Waals surface area contributed by atoms with Crippen molar-refractivity contribution in [1.82, 2.24) is 15.1 Å². The number of nitrogen functional groups attached to an aromatic ring is 1. The van der Waals surface area contributed by atoms with E-state index in [1.54, 1.807) is 0 Å². The average molecular weight is 194 g/mol. The van der Waals surface area contributed by atoms with Crippen molar-refractivity contribution in [3.05, 3.63) is 11.3 Å². The predicted octanol–water partition coefficient (Wildman–Crippen LogP) is 0.845. The quantitative estimate of drug-likeness (QED) is 0.696. The maximum Gasteiger partial charge on any atom is 0.149 e. The van der Waals surface area contributed by atoms with Crippen LogP contribution in [-0.2, 0) is 13.5 Å². The third-order valence-corrected chi connectivity index (χ3v) is 2.93. The molecule has 0 spiro atoms. The first-order valence-electron chi connectivity index (χ1n) is 5.16. The van der Waals surface area contributed by atoms with Crippen LogP contribution in [0.1, 0.15) is 31.1 Å². The van der Waals surface area contributed by atoms with Crippen molar-refractivity contribution in [3.63, 3.8) is 0 Å². The SMILES string of the molecule is CC(C)C1NCCc2c(N)nn(C)c21. The van der Waals surface area contributed by atoms with Gasteiger partial charge in [-0.2, -0.15) is 5.10 Å². The molecule has 0 aromatic carbocycles. The standard InChI is InChI=1S/C10H18N4/c1-6(2)8-9-7(4-5-12-8)10(11)13-14(9)3/h6,8,12H,4-5H2,1-3H3,(H2,11,13). The molecule has 1 atom stereocenters. The number of aromatic nitrogens is 2. The van der Waals surface area contributed by atoms with E-state index in [-0.39, 0.29) is 0 Å². The zero-order chi connectivity index (χ0) is 10.3. The minimum absolute atomic E-state index is 0.397. The van der Waals surface area contributed by atoms with Gasteiger partial charge in [0.05, 0.1) is 11.7 Å². The van der Waals surface area contributed by atoms with Gasteiger partial charge in [0.25, 0.3) is 0 Å². The molecule has 3 N–H and O–H groups in total. The lowest BCUT2D eigenvalue weighted by Crippen LogP contribution is -2.34. The Morgan fingerprint density at radius 2 is 2.29 bits per heavy atom. The minimum atomic E-state index is 0.397. The molecule has 0 saturated carbocycles. The van der Waals surface area contributed by atoms with E-state index in [9.17, 15) is 0 Å². The Hall–Kier alpha value is -1.03. The predicted molar refractivity (Wildman–Crippen MR) is 56.9 cm³/mol. The molecule has 0 bridgehead atoms. The molecule has 0 aliphatic carbocycles. The van der Waals surface area contributed by atoms with Crippen LogP contribution in [0, 0.1) is 5.92 Å². The van der Waals surface area contributed by atoms with E-state index in [1.807, 2.05) is 11.7 Å². The number of hydrogen-bond donors (Lipinski definition) is 2. The first-order chi connectivity index (χ1) is 6.61. The fraction of sp³-hybridized carbons (Fsp3) is 0.700. The normalized spacial score (nSPS) is 21.3. The fourth-order valence-electron chi connectivity index (χ4n) is 2.25. The molecule has 1 aromatic heterocycles. The van der Waals surface area contributed by atoms with Crippen molar-refractivity contribution in [2.45, 2.75) is 26.3 Å². The highest BCUT2D eigenvalue weighted by Gasteiger charge is 2.27. The van der Waals surface area contributed by atoms with E-state index in [0.717, 1.165) is 13.0 Å². The van der Waals surface area contributed by atoms with Gasteiger partial charge in [0.1, 0.15) is 5.82 Å². The zero-order valence-corrected chi connectivity index (χ0v) is 9.04. The van der Waals surface area contributed by atoms with E-state index >= 15 is 0 Å². The van der Waals surface area contributed by atoms with Crippen LogP contribution in [0.2, 0.25) is 0 Å². The van der Waals surface area contributed by atoms with Crippen LogP contribution in [0.15, 0.2) is 0 Å². The van der Waals surface area contributed by atoms with Crippen LogP contribution in [0.3, 0.4) is 0 Å². The van der Waals surface area contributed by atoms with E-state index < -0.39 is 0 Å². The molecule has 0 radical (unpaired) electrons. The average Bonchev–Trinajstić information content (AvgIpc) is 2.43. The summed E-state index contributed by atoms with van der Waals surface area (Å²) in [5, 5.41) is 7.79. The molecule has 2 rings (SSSR count). The number of hydrogen-bond acceptors (Lipinski definition) is 3. The summed E-state index contributed by atoms with van der Waals surface area (Å²) in [6, 6.07) is 0.397. The summed E-state index contributed by atoms with van der Waals surface area (Å²) in [6.07, 6.45) is 0.998. The highest BCUT2D eigenvalue weighted by Crippen LogP contribution is 2.30. The van der Waals surface area contributed by atoms with Crippen LogP contribution in [0.5, 0.6) is 0 Å². The zero-order valence-electron chi connectivity index (χ0n) is 9.04. The second kappa shape index (κ2) is 3.28. The fourth-order valence-corrected chi connectivity index (χ4v) is 2.25. The lowest BCUT2D eigenvalue weighted by molar-refractivity contribution is 0.374. The van der Waals surface area contributed by atoms with Gasteiger partial charge in [-0.3, -0.25) is 4.68 Å². The Morgan fingerprint density at radius 3 is 2.93 bits per heavy atom. The van der Waals surface area contributed by atoms with Crippen molar-refractivity contribution in [3.8, 4) is 0 Å². The van der Waals surface area contributed by atoms with Crippen molar-refractivity contribution in [2.24, 2.45) is 13.0 Å². The molecule has 2 heterocycles. The minimum Gasteiger partial charge on any atom is -0.382 e. The maximum atomic E-state index is 5.86. The van der Waals surface area contributed by atoms with E-state index in [2.05, 4.69) is 24.3 Å². The summed E-state index contributed by atoms with van der Waals surface area (Å²) in [5.74, 6) is 1.28. The topological polar surface area (TPSA) is 55.9 Å². The molecule has 0 amide bonds. The van der Waals surface area contributed by atoms with Gasteiger partial charge in [0.15, 0.2) is 0 Å². The number of rotatable bonds is 1. The number of nitrogens with two attached hydrogens (primary N) is 1. The van der Waals surface area contributed by atoms with Gasteiger partial charge in [0.2, 0.25) is 0 Å². The first-order valence-corrected chi connectivity index (χ1v) is 5.16. The lowest BCUT2D eigenvalue weighted by Gasteiger charge is -2.28. The summed E-state index contributed by atoms with van der Waals surface area (Å²) >= 11 is 0. The molecule has 0 saturated heterocycles. The van der Waals surface area contributed by atoms with Crippen molar-refractivity contribution in [2.75, 3.05) is 12.3 Å². The highest BCUT2D eigenvalue weighted by molar-refractivity contribution is 5.45. The smallest absolute Gasteiger partial charge is 0.149 e. The first kappa shape index (κ1) is 9.52. The summed E-state index contributed by atoms with van der Waals surface area (Å²) in [7, 11) is 1.97. The summed E-state index contributed by atoms with van der Waals surface area (Å²) in [5.41, 5.74) is 8.37. The van der Waals surface area contributed by atoms with Crippen molar-refractivity contribution >= 4 is 5.82 Å². The molecule has 1 aliphatic heterocycles. The Morgan fingerprint density at radius 1 is 1.57 bits per heavy atom. The Labute approximate surface area is 84.5 Å². The number of fused-ring (bicyclic) bond motifs is 1. The molecule has 1 aliphatic rings. The molecule has 1 aromatic rings. The molecule has 0 fully saturated rings. The number of aryl methyl sites for hydroxylation is 1. The molecule has 1 unspecified atom stereocenters. The Kier molecular flexibility index (Phi) is 2.23. The number of nitrogens with zero attached hydrogens (tertiary/aromatic N) is 2. The second-order valence-corrected chi connectivity index (χ2v) is 4.30. The lowest BCUT2D eigenvalue weighted by atomic mass is 9.93. The molecule has 4 heteroatoms. The van der Waals surface area contributed by atoms with Crippen molar-refractivity contribution < 1.29 is 0 Å². The second-order valence-electron chi connectivity index (χ2n) is 4.30. The molecular weight excluding hydrogens is 176 g/mol. The molecule has 14 heavy (non-hydrogen) atoms. The van der Waals surface area contributed by atoms with Gasteiger partial charge < -0.3 is 11.1 Å². The summed E-state index contributed by atoms with van der Waals surface area (Å²) in [4.78, 5) is 0. The Balaban J connectivity index is 2.48. The largest absolute Gasteiger partial charge is 0.382 e. The van der Waals surface area contributed by atoms with Crippen LogP contribution < -0.4 is 11.1 Å². The van der Waals surface area contributed by atoms with Crippen LogP contribution >= 0.6 is 0 Å². The monoisotopic (exact) mass is 194 g/mol. The maximum absolute atomic E-state index is 5.86. The summed E-state index contributed by atoms with van der Waals surface area (Å²) in [6.45, 7) is 5.44. The van der Waals surface area contributed by atoms with Crippen molar-refractivity contribution in [1.29, 1.82) is 0 Å². The van der Waals surface area contributed by atoms with Gasteiger partial charge in [-0.15, -0.1) is 0 Å². The van der Waals surface area contributed by atoms with E-state index in [0.29, 0.717) is 17.8 Å². The number of anilines is 1. The Bertz CT molecular complexity index is 340.